The number of carbonyl (C=O) groups excluding carboxylic acids is 2. The van der Waals surface area contributed by atoms with Crippen LogP contribution in [-0.2, 0) is 9.53 Å². The molecule has 1 amide bonds. The van der Waals surface area contributed by atoms with E-state index >= 15 is 0 Å². The van der Waals surface area contributed by atoms with Crippen LogP contribution >= 0.6 is 11.3 Å². The zero-order valence-electron chi connectivity index (χ0n) is 18.7. The molecule has 1 aromatic carbocycles. The second-order valence-corrected chi connectivity index (χ2v) is 8.67. The Hall–Kier alpha value is -3.61. The van der Waals surface area contributed by atoms with Crippen LogP contribution in [0.4, 0.5) is 22.0 Å². The van der Waals surface area contributed by atoms with Gasteiger partial charge in [-0.1, -0.05) is 5.16 Å². The van der Waals surface area contributed by atoms with Crippen LogP contribution in [0.2, 0.25) is 0 Å². The van der Waals surface area contributed by atoms with Gasteiger partial charge >= 0.3 is 5.97 Å². The van der Waals surface area contributed by atoms with Gasteiger partial charge in [0.15, 0.2) is 34.7 Å². The van der Waals surface area contributed by atoms with E-state index in [2.05, 4.69) is 10.1 Å². The molecule has 190 valence electrons. The van der Waals surface area contributed by atoms with Crippen molar-refractivity contribution in [3.05, 3.63) is 62.9 Å². The lowest BCUT2D eigenvalue weighted by Crippen LogP contribution is -2.36. The van der Waals surface area contributed by atoms with Crippen molar-refractivity contribution in [1.29, 1.82) is 0 Å². The molecule has 3 aromatic rings. The van der Waals surface area contributed by atoms with Crippen molar-refractivity contribution >= 4 is 29.3 Å². The van der Waals surface area contributed by atoms with Crippen LogP contribution in [0.5, 0.6) is 0 Å². The van der Waals surface area contributed by atoms with Crippen molar-refractivity contribution in [3.63, 3.8) is 0 Å². The number of rotatable bonds is 6. The number of carbonyl (C=O) groups is 2. The van der Waals surface area contributed by atoms with E-state index in [0.717, 1.165) is 11.1 Å². The summed E-state index contributed by atoms with van der Waals surface area (Å²) in [5.74, 6) is -11.3. The average Bonchev–Trinajstić information content (AvgIpc) is 3.57. The van der Waals surface area contributed by atoms with Crippen LogP contribution in [0.3, 0.4) is 0 Å². The van der Waals surface area contributed by atoms with Crippen molar-refractivity contribution in [2.75, 3.05) is 19.7 Å². The van der Waals surface area contributed by atoms with Crippen LogP contribution in [0.25, 0.3) is 17.5 Å². The number of halogens is 5. The molecule has 36 heavy (non-hydrogen) atoms. The van der Waals surface area contributed by atoms with Gasteiger partial charge < -0.3 is 14.2 Å². The molecule has 0 bridgehead atoms. The summed E-state index contributed by atoms with van der Waals surface area (Å²) in [5, 5.41) is 6.24. The number of nitrogens with zero attached hydrogens (tertiary/aromatic N) is 3. The smallest absolute Gasteiger partial charge is 0.360 e. The predicted molar refractivity (Wildman–Crippen MR) is 117 cm³/mol. The molecule has 0 saturated carbocycles. The number of ether oxygens (including phenoxy) is 1. The van der Waals surface area contributed by atoms with Crippen LogP contribution in [0, 0.1) is 29.1 Å². The second-order valence-electron chi connectivity index (χ2n) is 7.78. The Bertz CT molecular complexity index is 1300. The van der Waals surface area contributed by atoms with Crippen molar-refractivity contribution in [2.45, 2.75) is 25.7 Å². The maximum Gasteiger partial charge on any atom is 0.360 e. The normalized spacial score (nSPS) is 14.6. The Morgan fingerprint density at radius 2 is 1.75 bits per heavy atom. The number of benzene rings is 1. The molecule has 1 fully saturated rings. The van der Waals surface area contributed by atoms with Crippen molar-refractivity contribution in [1.82, 2.24) is 15.0 Å². The number of amides is 1. The fourth-order valence-electron chi connectivity index (χ4n) is 3.66. The van der Waals surface area contributed by atoms with Crippen molar-refractivity contribution in [2.24, 2.45) is 0 Å². The molecular weight excluding hydrogens is 509 g/mol. The summed E-state index contributed by atoms with van der Waals surface area (Å²) in [6.07, 6.45) is 2.45. The van der Waals surface area contributed by atoms with Crippen LogP contribution in [0.1, 0.15) is 46.7 Å². The Morgan fingerprint density at radius 1 is 1.11 bits per heavy atom. The zero-order valence-corrected chi connectivity index (χ0v) is 19.5. The van der Waals surface area contributed by atoms with E-state index in [0.29, 0.717) is 43.5 Å². The van der Waals surface area contributed by atoms with E-state index < -0.39 is 46.5 Å². The van der Waals surface area contributed by atoms with Crippen molar-refractivity contribution in [3.8, 4) is 11.5 Å². The first-order valence-corrected chi connectivity index (χ1v) is 11.7. The molecule has 2 aromatic heterocycles. The molecule has 0 atom stereocenters. The first-order valence-electron chi connectivity index (χ1n) is 10.8. The molecule has 0 spiro atoms. The van der Waals surface area contributed by atoms with Gasteiger partial charge in [-0.15, -0.1) is 11.3 Å². The molecule has 3 heterocycles. The zero-order chi connectivity index (χ0) is 26.0. The van der Waals surface area contributed by atoms with Gasteiger partial charge in [0.2, 0.25) is 11.7 Å². The van der Waals surface area contributed by atoms with Crippen LogP contribution in [0.15, 0.2) is 22.0 Å². The lowest BCUT2D eigenvalue weighted by atomic mass is 9.97. The molecule has 0 radical (unpaired) electrons. The SMILES string of the molecule is CCOC(=O)c1cc(-c2csc(C3CCN(C(=O)/C=C/c4c(F)c(F)c(F)c(F)c4F)CC3)n2)on1. The Balaban J connectivity index is 1.38. The highest BCUT2D eigenvalue weighted by Gasteiger charge is 2.27. The molecule has 7 nitrogen and oxygen atoms in total. The minimum absolute atomic E-state index is 0.0272. The number of hydrogen-bond donors (Lipinski definition) is 0. The van der Waals surface area contributed by atoms with E-state index in [1.165, 1.54) is 22.3 Å². The van der Waals surface area contributed by atoms with Gasteiger partial charge in [0.05, 0.1) is 17.2 Å². The number of piperidine rings is 1. The molecule has 1 saturated heterocycles. The number of thiazole rings is 1. The van der Waals surface area contributed by atoms with E-state index in [4.69, 9.17) is 9.26 Å². The van der Waals surface area contributed by atoms with Gasteiger partial charge in [-0.25, -0.2) is 31.7 Å². The quantitative estimate of drug-likeness (QED) is 0.146. The van der Waals surface area contributed by atoms with Gasteiger partial charge in [0.1, 0.15) is 5.69 Å². The number of likely N-dealkylation sites (tertiary alicyclic amines) is 1. The maximum absolute atomic E-state index is 13.8. The predicted octanol–water partition coefficient (Wildman–Crippen LogP) is 5.09. The Kier molecular flexibility index (Phi) is 7.48. The minimum atomic E-state index is -2.26. The maximum atomic E-state index is 13.8. The van der Waals surface area contributed by atoms with Crippen molar-refractivity contribution < 1.29 is 40.8 Å². The molecule has 1 aliphatic rings. The third-order valence-electron chi connectivity index (χ3n) is 5.56. The summed E-state index contributed by atoms with van der Waals surface area (Å²) in [7, 11) is 0. The minimum Gasteiger partial charge on any atom is -0.461 e. The Labute approximate surface area is 205 Å². The summed E-state index contributed by atoms with van der Waals surface area (Å²) >= 11 is 1.39. The van der Waals surface area contributed by atoms with E-state index in [-0.39, 0.29) is 18.2 Å². The second kappa shape index (κ2) is 10.6. The van der Waals surface area contributed by atoms with Gasteiger partial charge in [-0.05, 0) is 25.8 Å². The fraction of sp³-hybridized carbons (Fsp3) is 0.304. The number of esters is 1. The lowest BCUT2D eigenvalue weighted by Gasteiger charge is -2.30. The molecule has 4 rings (SSSR count). The topological polar surface area (TPSA) is 85.5 Å². The highest BCUT2D eigenvalue weighted by molar-refractivity contribution is 7.10. The third kappa shape index (κ3) is 5.01. The van der Waals surface area contributed by atoms with Gasteiger partial charge in [-0.2, -0.15) is 0 Å². The lowest BCUT2D eigenvalue weighted by molar-refractivity contribution is -0.126. The van der Waals surface area contributed by atoms with E-state index in [9.17, 15) is 31.5 Å². The van der Waals surface area contributed by atoms with Gasteiger partial charge in [-0.3, -0.25) is 4.79 Å². The monoisotopic (exact) mass is 527 g/mol. The summed E-state index contributed by atoms with van der Waals surface area (Å²) < 4.78 is 77.5. The van der Waals surface area contributed by atoms with E-state index in [1.54, 1.807) is 12.3 Å². The Morgan fingerprint density at radius 3 is 2.39 bits per heavy atom. The molecular formula is C23H18F5N3O4S. The summed E-state index contributed by atoms with van der Waals surface area (Å²) in [6.45, 7) is 2.48. The number of aromatic nitrogens is 2. The molecule has 13 heteroatoms. The molecule has 0 unspecified atom stereocenters. The first kappa shape index (κ1) is 25.5. The fourth-order valence-corrected chi connectivity index (χ4v) is 4.64. The highest BCUT2D eigenvalue weighted by atomic mass is 32.1. The van der Waals surface area contributed by atoms with Gasteiger partial charge in [0, 0.05) is 36.5 Å². The molecule has 0 aliphatic carbocycles. The molecule has 0 N–H and O–H groups in total. The standard InChI is InChI=1S/C23H18F5N3O4S/c1-2-34-23(33)13-9-15(35-30-13)14-10-36-22(29-14)11-5-7-31(8-6-11)16(32)4-3-12-17(24)19(26)21(28)20(27)18(12)25/h3-4,9-11H,2,5-8H2,1H3/b4-3+. The average molecular weight is 527 g/mol. The largest absolute Gasteiger partial charge is 0.461 e. The summed E-state index contributed by atoms with van der Waals surface area (Å²) in [6, 6.07) is 1.44. The third-order valence-corrected chi connectivity index (χ3v) is 6.57. The summed E-state index contributed by atoms with van der Waals surface area (Å²) in [4.78, 5) is 30.1. The molecule has 1 aliphatic heterocycles. The first-order chi connectivity index (χ1) is 17.2. The van der Waals surface area contributed by atoms with Gasteiger partial charge in [0.25, 0.3) is 0 Å². The summed E-state index contributed by atoms with van der Waals surface area (Å²) in [5.41, 5.74) is -0.641. The van der Waals surface area contributed by atoms with Crippen LogP contribution < -0.4 is 0 Å². The number of hydrogen-bond acceptors (Lipinski definition) is 7. The highest BCUT2D eigenvalue weighted by Crippen LogP contribution is 2.33. The van der Waals surface area contributed by atoms with E-state index in [1.807, 2.05) is 0 Å². The van der Waals surface area contributed by atoms with Crippen LogP contribution in [-0.4, -0.2) is 46.6 Å².